The van der Waals surface area contributed by atoms with Gasteiger partial charge in [-0.15, -0.1) is 0 Å². The highest BCUT2D eigenvalue weighted by Gasteiger charge is 2.26. The van der Waals surface area contributed by atoms with E-state index < -0.39 is 0 Å². The molecular weight excluding hydrogens is 330 g/mol. The Labute approximate surface area is 153 Å². The molecule has 3 rings (SSSR count). The fourth-order valence-corrected chi connectivity index (χ4v) is 3.34. The summed E-state index contributed by atoms with van der Waals surface area (Å²) in [5.74, 6) is 0.541. The first-order valence-corrected chi connectivity index (χ1v) is 8.97. The lowest BCUT2D eigenvalue weighted by molar-refractivity contribution is -0.136. The number of primary amides is 1. The van der Waals surface area contributed by atoms with Gasteiger partial charge < -0.3 is 15.1 Å². The van der Waals surface area contributed by atoms with Gasteiger partial charge in [-0.2, -0.15) is 0 Å². The summed E-state index contributed by atoms with van der Waals surface area (Å²) in [6, 6.07) is 13.9. The molecule has 2 heterocycles. The van der Waals surface area contributed by atoms with Gasteiger partial charge in [-0.05, 0) is 30.5 Å². The van der Waals surface area contributed by atoms with Crippen molar-refractivity contribution in [1.29, 1.82) is 0 Å². The second-order valence-electron chi connectivity index (χ2n) is 6.77. The van der Waals surface area contributed by atoms with E-state index in [9.17, 15) is 9.59 Å². The third-order valence-electron chi connectivity index (χ3n) is 4.82. The number of piperidine rings is 1. The highest BCUT2D eigenvalue weighted by Crippen LogP contribution is 2.18. The number of carbonyl (C=O) groups excluding carboxylic acids is 2. The number of hydrogen-bond donors (Lipinski definition) is 1. The summed E-state index contributed by atoms with van der Waals surface area (Å²) in [5.41, 5.74) is 6.52. The van der Waals surface area contributed by atoms with Gasteiger partial charge >= 0.3 is 0 Å². The monoisotopic (exact) mass is 355 g/mol. The number of likely N-dealkylation sites (tertiary alicyclic amines) is 1. The van der Waals surface area contributed by atoms with Gasteiger partial charge in [0.05, 0.1) is 19.4 Å². The first-order chi connectivity index (χ1) is 12.6. The van der Waals surface area contributed by atoms with Crippen LogP contribution in [0.2, 0.25) is 0 Å². The lowest BCUT2D eigenvalue weighted by atomic mass is 9.96. The van der Waals surface area contributed by atoms with Crippen LogP contribution in [-0.2, 0) is 22.7 Å². The number of nitrogens with two attached hydrogens (primary N) is 1. The second-order valence-corrected chi connectivity index (χ2v) is 6.77. The number of hydrogen-bond acceptors (Lipinski definition) is 4. The van der Waals surface area contributed by atoms with E-state index in [1.807, 2.05) is 35.2 Å². The van der Waals surface area contributed by atoms with Crippen molar-refractivity contribution in [2.45, 2.75) is 25.9 Å². The number of nitrogens with zero attached hydrogens (tertiary/aromatic N) is 2. The average Bonchev–Trinajstić information content (AvgIpc) is 3.15. The Hall–Kier alpha value is -2.60. The number of carbonyl (C=O) groups is 2. The predicted octanol–water partition coefficient (Wildman–Crippen LogP) is 2.01. The molecule has 1 aromatic heterocycles. The molecule has 6 heteroatoms. The molecule has 0 bridgehead atoms. The standard InChI is InChI=1S/C20H25N3O3/c21-20(25)17-8-10-23(11-9-17)19(24)15-22(14-18-7-4-12-26-18)13-16-5-2-1-3-6-16/h1-7,12,17H,8-11,13-15H2,(H2,21,25). The van der Waals surface area contributed by atoms with Crippen LogP contribution < -0.4 is 5.73 Å². The van der Waals surface area contributed by atoms with Crippen LogP contribution in [0, 0.1) is 5.92 Å². The summed E-state index contributed by atoms with van der Waals surface area (Å²) in [6.07, 6.45) is 2.95. The van der Waals surface area contributed by atoms with Crippen molar-refractivity contribution in [3.05, 3.63) is 60.1 Å². The smallest absolute Gasteiger partial charge is 0.236 e. The van der Waals surface area contributed by atoms with Gasteiger partial charge in [0.2, 0.25) is 11.8 Å². The molecule has 0 unspecified atom stereocenters. The lowest BCUT2D eigenvalue weighted by Gasteiger charge is -2.32. The topological polar surface area (TPSA) is 79.8 Å². The highest BCUT2D eigenvalue weighted by atomic mass is 16.3. The predicted molar refractivity (Wildman–Crippen MR) is 97.8 cm³/mol. The van der Waals surface area contributed by atoms with E-state index in [2.05, 4.69) is 17.0 Å². The summed E-state index contributed by atoms with van der Waals surface area (Å²) < 4.78 is 5.45. The first-order valence-electron chi connectivity index (χ1n) is 8.97. The Bertz CT molecular complexity index is 707. The molecule has 0 saturated carbocycles. The van der Waals surface area contributed by atoms with Crippen molar-refractivity contribution >= 4 is 11.8 Å². The maximum Gasteiger partial charge on any atom is 0.236 e. The molecule has 6 nitrogen and oxygen atoms in total. The minimum Gasteiger partial charge on any atom is -0.468 e. The van der Waals surface area contributed by atoms with Crippen molar-refractivity contribution in [2.24, 2.45) is 11.7 Å². The number of benzene rings is 1. The van der Waals surface area contributed by atoms with Gasteiger partial charge in [0.25, 0.3) is 0 Å². The van der Waals surface area contributed by atoms with E-state index in [1.165, 1.54) is 0 Å². The highest BCUT2D eigenvalue weighted by molar-refractivity contribution is 5.80. The van der Waals surface area contributed by atoms with Crippen molar-refractivity contribution < 1.29 is 14.0 Å². The maximum absolute atomic E-state index is 12.7. The average molecular weight is 355 g/mol. The van der Waals surface area contributed by atoms with Gasteiger partial charge in [-0.1, -0.05) is 30.3 Å². The summed E-state index contributed by atoms with van der Waals surface area (Å²) in [6.45, 7) is 2.74. The molecule has 1 aliphatic heterocycles. The van der Waals surface area contributed by atoms with Crippen LogP contribution in [0.25, 0.3) is 0 Å². The Balaban J connectivity index is 1.61. The van der Waals surface area contributed by atoms with E-state index in [-0.39, 0.29) is 17.7 Å². The molecule has 2 N–H and O–H groups in total. The molecule has 1 aliphatic rings. The maximum atomic E-state index is 12.7. The Kier molecular flexibility index (Phi) is 6.07. The fraction of sp³-hybridized carbons (Fsp3) is 0.400. The molecule has 0 spiro atoms. The molecule has 0 radical (unpaired) electrons. The molecule has 0 atom stereocenters. The van der Waals surface area contributed by atoms with Crippen molar-refractivity contribution in [3.63, 3.8) is 0 Å². The summed E-state index contributed by atoms with van der Waals surface area (Å²) in [5, 5.41) is 0. The molecule has 26 heavy (non-hydrogen) atoms. The second kappa shape index (κ2) is 8.67. The van der Waals surface area contributed by atoms with Gasteiger partial charge in [-0.3, -0.25) is 14.5 Å². The molecule has 2 amide bonds. The Morgan fingerprint density at radius 1 is 1.08 bits per heavy atom. The third kappa shape index (κ3) is 4.95. The van der Waals surface area contributed by atoms with E-state index >= 15 is 0 Å². The van der Waals surface area contributed by atoms with E-state index in [0.717, 1.165) is 11.3 Å². The molecule has 138 valence electrons. The van der Waals surface area contributed by atoms with Crippen LogP contribution in [0.4, 0.5) is 0 Å². The minimum absolute atomic E-state index is 0.0791. The number of furan rings is 1. The molecule has 1 aromatic carbocycles. The first kappa shape index (κ1) is 18.2. The zero-order valence-corrected chi connectivity index (χ0v) is 14.8. The van der Waals surface area contributed by atoms with E-state index in [1.54, 1.807) is 6.26 Å². The SMILES string of the molecule is NC(=O)C1CCN(C(=O)CN(Cc2ccccc2)Cc2ccco2)CC1. The summed E-state index contributed by atoms with van der Waals surface area (Å²) in [7, 11) is 0. The van der Waals surface area contributed by atoms with Crippen molar-refractivity contribution in [1.82, 2.24) is 9.80 Å². The molecule has 2 aromatic rings. The normalized spacial score (nSPS) is 15.3. The van der Waals surface area contributed by atoms with Crippen LogP contribution in [0.15, 0.2) is 53.1 Å². The molecular formula is C20H25N3O3. The summed E-state index contributed by atoms with van der Waals surface area (Å²) >= 11 is 0. The zero-order valence-electron chi connectivity index (χ0n) is 14.8. The molecule has 0 aliphatic carbocycles. The van der Waals surface area contributed by atoms with Crippen molar-refractivity contribution in [3.8, 4) is 0 Å². The van der Waals surface area contributed by atoms with E-state index in [0.29, 0.717) is 45.6 Å². The van der Waals surface area contributed by atoms with Crippen molar-refractivity contribution in [2.75, 3.05) is 19.6 Å². The van der Waals surface area contributed by atoms with Crippen LogP contribution in [0.5, 0.6) is 0 Å². The lowest BCUT2D eigenvalue weighted by Crippen LogP contribution is -2.45. The Morgan fingerprint density at radius 2 is 1.81 bits per heavy atom. The van der Waals surface area contributed by atoms with Gasteiger partial charge in [0.15, 0.2) is 0 Å². The van der Waals surface area contributed by atoms with Crippen LogP contribution in [0.3, 0.4) is 0 Å². The molecule has 1 saturated heterocycles. The molecule has 1 fully saturated rings. The minimum atomic E-state index is -0.263. The van der Waals surface area contributed by atoms with Gasteiger partial charge in [0, 0.05) is 25.6 Å². The third-order valence-corrected chi connectivity index (χ3v) is 4.82. The largest absolute Gasteiger partial charge is 0.468 e. The van der Waals surface area contributed by atoms with Crippen LogP contribution in [0.1, 0.15) is 24.2 Å². The van der Waals surface area contributed by atoms with Crippen LogP contribution >= 0.6 is 0 Å². The number of rotatable bonds is 7. The summed E-state index contributed by atoms with van der Waals surface area (Å²) in [4.78, 5) is 27.9. The van der Waals surface area contributed by atoms with E-state index in [4.69, 9.17) is 10.2 Å². The van der Waals surface area contributed by atoms with Gasteiger partial charge in [0.1, 0.15) is 5.76 Å². The zero-order chi connectivity index (χ0) is 18.4. The Morgan fingerprint density at radius 3 is 2.42 bits per heavy atom. The fourth-order valence-electron chi connectivity index (χ4n) is 3.34. The number of amides is 2. The van der Waals surface area contributed by atoms with Gasteiger partial charge in [-0.25, -0.2) is 0 Å². The van der Waals surface area contributed by atoms with Crippen LogP contribution in [-0.4, -0.2) is 41.2 Å². The quantitative estimate of drug-likeness (QED) is 0.824.